The highest BCUT2D eigenvalue weighted by molar-refractivity contribution is 5.44. The standard InChI is InChI=1S/C18H19N5O4/c1-26-14-8-5-12(10-15(14)27-2)17(19)18-20-16(21-22-18)9-11-3-6-13(7-4-11)23(24)25/h3-8,10,17H,9,19H2,1-2H3,(H,20,21,22)/t17-/m1/s1. The molecular formula is C18H19N5O4. The van der Waals surface area contributed by atoms with Gasteiger partial charge in [0.2, 0.25) is 0 Å². The Morgan fingerprint density at radius 2 is 1.85 bits per heavy atom. The summed E-state index contributed by atoms with van der Waals surface area (Å²) in [5, 5.41) is 17.8. The molecule has 0 bridgehead atoms. The number of ether oxygens (including phenoxy) is 2. The van der Waals surface area contributed by atoms with Crippen LogP contribution in [0.3, 0.4) is 0 Å². The lowest BCUT2D eigenvalue weighted by Gasteiger charge is -2.12. The molecule has 3 rings (SSSR count). The van der Waals surface area contributed by atoms with E-state index >= 15 is 0 Å². The lowest BCUT2D eigenvalue weighted by Crippen LogP contribution is -2.14. The zero-order chi connectivity index (χ0) is 19.4. The Morgan fingerprint density at radius 1 is 1.15 bits per heavy atom. The number of nitro groups is 1. The molecule has 3 aromatic rings. The summed E-state index contributed by atoms with van der Waals surface area (Å²) >= 11 is 0. The van der Waals surface area contributed by atoms with Crippen molar-refractivity contribution in [1.29, 1.82) is 0 Å². The van der Waals surface area contributed by atoms with Crippen LogP contribution in [0.2, 0.25) is 0 Å². The molecule has 1 heterocycles. The van der Waals surface area contributed by atoms with Crippen molar-refractivity contribution in [2.75, 3.05) is 14.2 Å². The Bertz CT molecular complexity index is 939. The number of H-pyrrole nitrogens is 1. The number of hydrogen-bond donors (Lipinski definition) is 2. The summed E-state index contributed by atoms with van der Waals surface area (Å²) in [7, 11) is 3.12. The van der Waals surface area contributed by atoms with E-state index in [4.69, 9.17) is 15.2 Å². The van der Waals surface area contributed by atoms with Crippen LogP contribution in [0.25, 0.3) is 0 Å². The molecule has 0 aliphatic heterocycles. The summed E-state index contributed by atoms with van der Waals surface area (Å²) in [6, 6.07) is 11.2. The van der Waals surface area contributed by atoms with E-state index in [2.05, 4.69) is 15.2 Å². The van der Waals surface area contributed by atoms with Gasteiger partial charge in [-0.25, -0.2) is 4.98 Å². The molecule has 3 N–H and O–H groups in total. The highest BCUT2D eigenvalue weighted by Crippen LogP contribution is 2.30. The fraction of sp³-hybridized carbons (Fsp3) is 0.222. The second-order valence-corrected chi connectivity index (χ2v) is 5.83. The molecule has 0 spiro atoms. The van der Waals surface area contributed by atoms with Crippen LogP contribution >= 0.6 is 0 Å². The number of aromatic nitrogens is 3. The summed E-state index contributed by atoms with van der Waals surface area (Å²) in [6.07, 6.45) is 0.462. The van der Waals surface area contributed by atoms with Gasteiger partial charge in [0.1, 0.15) is 5.82 Å². The van der Waals surface area contributed by atoms with E-state index < -0.39 is 11.0 Å². The maximum absolute atomic E-state index is 10.7. The second kappa shape index (κ2) is 7.83. The number of hydrogen-bond acceptors (Lipinski definition) is 7. The number of aromatic amines is 1. The van der Waals surface area contributed by atoms with Gasteiger partial charge in [-0.1, -0.05) is 18.2 Å². The third-order valence-corrected chi connectivity index (χ3v) is 4.11. The van der Waals surface area contributed by atoms with E-state index in [1.165, 1.54) is 12.1 Å². The largest absolute Gasteiger partial charge is 0.493 e. The minimum absolute atomic E-state index is 0.0486. The van der Waals surface area contributed by atoms with Crippen LogP contribution in [0.15, 0.2) is 42.5 Å². The number of nitrogens with zero attached hydrogens (tertiary/aromatic N) is 3. The quantitative estimate of drug-likeness (QED) is 0.483. The molecule has 0 saturated heterocycles. The van der Waals surface area contributed by atoms with Crippen molar-refractivity contribution < 1.29 is 14.4 Å². The molecule has 0 radical (unpaired) electrons. The summed E-state index contributed by atoms with van der Waals surface area (Å²) in [4.78, 5) is 14.7. The number of rotatable bonds is 7. The van der Waals surface area contributed by atoms with E-state index in [1.807, 2.05) is 6.07 Å². The number of nitrogens with two attached hydrogens (primary N) is 1. The van der Waals surface area contributed by atoms with Crippen molar-refractivity contribution in [3.05, 3.63) is 75.4 Å². The number of benzene rings is 2. The number of methoxy groups -OCH3 is 2. The SMILES string of the molecule is COc1ccc([C@@H](N)c2n[nH]c(Cc3ccc([N+](=O)[O-])cc3)n2)cc1OC. The minimum Gasteiger partial charge on any atom is -0.493 e. The first kappa shape index (κ1) is 18.3. The number of nitrogens with one attached hydrogen (secondary N) is 1. The predicted molar refractivity (Wildman–Crippen MR) is 97.9 cm³/mol. The first-order chi connectivity index (χ1) is 13.0. The zero-order valence-electron chi connectivity index (χ0n) is 14.9. The van der Waals surface area contributed by atoms with E-state index in [9.17, 15) is 10.1 Å². The van der Waals surface area contributed by atoms with E-state index in [0.29, 0.717) is 29.6 Å². The molecule has 1 atom stereocenters. The van der Waals surface area contributed by atoms with Gasteiger partial charge in [-0.2, -0.15) is 5.10 Å². The van der Waals surface area contributed by atoms with Crippen molar-refractivity contribution in [1.82, 2.24) is 15.2 Å². The van der Waals surface area contributed by atoms with Gasteiger partial charge in [0.15, 0.2) is 17.3 Å². The highest BCUT2D eigenvalue weighted by atomic mass is 16.6. The molecule has 0 aliphatic carbocycles. The maximum atomic E-state index is 10.7. The van der Waals surface area contributed by atoms with Gasteiger partial charge in [0.05, 0.1) is 25.2 Å². The normalized spacial score (nSPS) is 11.8. The molecule has 0 saturated carbocycles. The monoisotopic (exact) mass is 369 g/mol. The Morgan fingerprint density at radius 3 is 2.48 bits per heavy atom. The van der Waals surface area contributed by atoms with Crippen molar-refractivity contribution in [2.45, 2.75) is 12.5 Å². The number of nitro benzene ring substituents is 1. The smallest absolute Gasteiger partial charge is 0.269 e. The van der Waals surface area contributed by atoms with Crippen LogP contribution in [0.1, 0.15) is 28.8 Å². The van der Waals surface area contributed by atoms with Crippen molar-refractivity contribution in [3.8, 4) is 11.5 Å². The minimum atomic E-state index is -0.535. The third-order valence-electron chi connectivity index (χ3n) is 4.11. The molecule has 0 unspecified atom stereocenters. The van der Waals surface area contributed by atoms with E-state index in [1.54, 1.807) is 38.5 Å². The fourth-order valence-corrected chi connectivity index (χ4v) is 2.65. The Hall–Kier alpha value is -3.46. The predicted octanol–water partition coefficient (Wildman–Crippen LogP) is 2.37. The van der Waals surface area contributed by atoms with Crippen molar-refractivity contribution in [3.63, 3.8) is 0 Å². The lowest BCUT2D eigenvalue weighted by atomic mass is 10.1. The van der Waals surface area contributed by atoms with E-state index in [0.717, 1.165) is 11.1 Å². The van der Waals surface area contributed by atoms with Crippen molar-refractivity contribution in [2.24, 2.45) is 5.73 Å². The zero-order valence-corrected chi connectivity index (χ0v) is 14.9. The van der Waals surface area contributed by atoms with Crippen LogP contribution < -0.4 is 15.2 Å². The average molecular weight is 369 g/mol. The van der Waals surface area contributed by atoms with Crippen LogP contribution in [0.4, 0.5) is 5.69 Å². The van der Waals surface area contributed by atoms with Gasteiger partial charge in [-0.3, -0.25) is 15.2 Å². The maximum Gasteiger partial charge on any atom is 0.269 e. The topological polar surface area (TPSA) is 129 Å². The average Bonchev–Trinajstić information content (AvgIpc) is 3.15. The summed E-state index contributed by atoms with van der Waals surface area (Å²) in [6.45, 7) is 0. The molecule has 140 valence electrons. The fourth-order valence-electron chi connectivity index (χ4n) is 2.65. The number of non-ortho nitro benzene ring substituents is 1. The van der Waals surface area contributed by atoms with Crippen molar-refractivity contribution >= 4 is 5.69 Å². The van der Waals surface area contributed by atoms with Gasteiger partial charge < -0.3 is 15.2 Å². The molecule has 9 heteroatoms. The molecule has 27 heavy (non-hydrogen) atoms. The highest BCUT2D eigenvalue weighted by Gasteiger charge is 2.17. The Labute approximate surface area is 155 Å². The Balaban J connectivity index is 1.75. The van der Waals surface area contributed by atoms with Gasteiger partial charge in [-0.15, -0.1) is 0 Å². The summed E-state index contributed by atoms with van der Waals surface area (Å²) < 4.78 is 10.5. The van der Waals surface area contributed by atoms with Gasteiger partial charge in [-0.05, 0) is 23.3 Å². The van der Waals surface area contributed by atoms with Crippen LogP contribution in [0, 0.1) is 10.1 Å². The molecule has 0 fully saturated rings. The molecular weight excluding hydrogens is 350 g/mol. The molecule has 0 aliphatic rings. The summed E-state index contributed by atoms with van der Waals surface area (Å²) in [5.41, 5.74) is 7.99. The molecule has 0 amide bonds. The Kier molecular flexibility index (Phi) is 5.32. The van der Waals surface area contributed by atoms with Gasteiger partial charge in [0, 0.05) is 18.6 Å². The van der Waals surface area contributed by atoms with Crippen LogP contribution in [-0.2, 0) is 6.42 Å². The first-order valence-electron chi connectivity index (χ1n) is 8.14. The third kappa shape index (κ3) is 4.04. The summed E-state index contributed by atoms with van der Waals surface area (Å²) in [5.74, 6) is 2.25. The first-order valence-corrected chi connectivity index (χ1v) is 8.14. The van der Waals surface area contributed by atoms with Gasteiger partial charge >= 0.3 is 0 Å². The molecule has 1 aromatic heterocycles. The lowest BCUT2D eigenvalue weighted by molar-refractivity contribution is -0.384. The van der Waals surface area contributed by atoms with Crippen LogP contribution in [0.5, 0.6) is 11.5 Å². The van der Waals surface area contributed by atoms with E-state index in [-0.39, 0.29) is 5.69 Å². The molecule has 2 aromatic carbocycles. The second-order valence-electron chi connectivity index (χ2n) is 5.83. The van der Waals surface area contributed by atoms with Gasteiger partial charge in [0.25, 0.3) is 5.69 Å². The molecule has 9 nitrogen and oxygen atoms in total. The van der Waals surface area contributed by atoms with Crippen LogP contribution in [-0.4, -0.2) is 34.3 Å².